The molecular weight excluding hydrogens is 368 g/mol. The van der Waals surface area contributed by atoms with Crippen LogP contribution in [-0.4, -0.2) is 40.0 Å². The molecule has 0 unspecified atom stereocenters. The Bertz CT molecular complexity index is 1010. The summed E-state index contributed by atoms with van der Waals surface area (Å²) in [5, 5.41) is 18.4. The first-order valence-electron chi connectivity index (χ1n) is 9.46. The molecule has 0 saturated heterocycles. The van der Waals surface area contributed by atoms with Gasteiger partial charge in [0.05, 0.1) is 11.4 Å². The molecule has 3 rings (SSSR count). The molecule has 29 heavy (non-hydrogen) atoms. The van der Waals surface area contributed by atoms with Crippen molar-refractivity contribution >= 4 is 29.0 Å². The SMILES string of the molecule is CC1=NN(CCCC(=O)O)C(=O)/C1=N\Nc1cccc(-c2ccc(C)c(C)c2)c1. The van der Waals surface area contributed by atoms with Gasteiger partial charge in [0.15, 0.2) is 5.71 Å². The second kappa shape index (κ2) is 8.68. The smallest absolute Gasteiger partial charge is 0.303 e. The number of benzene rings is 2. The maximum atomic E-state index is 12.5. The highest BCUT2D eigenvalue weighted by Gasteiger charge is 2.29. The van der Waals surface area contributed by atoms with Crippen molar-refractivity contribution in [1.82, 2.24) is 5.01 Å². The fourth-order valence-corrected chi connectivity index (χ4v) is 3.02. The van der Waals surface area contributed by atoms with Crippen LogP contribution in [0.1, 0.15) is 30.9 Å². The van der Waals surface area contributed by atoms with Gasteiger partial charge < -0.3 is 5.11 Å². The Balaban J connectivity index is 1.71. The lowest BCUT2D eigenvalue weighted by Gasteiger charge is -2.10. The highest BCUT2D eigenvalue weighted by Crippen LogP contribution is 2.25. The molecule has 1 heterocycles. The van der Waals surface area contributed by atoms with Gasteiger partial charge in [0.2, 0.25) is 0 Å². The number of carbonyl (C=O) groups is 2. The van der Waals surface area contributed by atoms with E-state index in [0.717, 1.165) is 16.8 Å². The topological polar surface area (TPSA) is 94.4 Å². The number of carbonyl (C=O) groups excluding carboxylic acids is 1. The summed E-state index contributed by atoms with van der Waals surface area (Å²) in [5.41, 5.74) is 9.09. The van der Waals surface area contributed by atoms with Crippen LogP contribution < -0.4 is 5.43 Å². The fraction of sp³-hybridized carbons (Fsp3) is 0.273. The Morgan fingerprint density at radius 2 is 1.86 bits per heavy atom. The third-order valence-electron chi connectivity index (χ3n) is 4.81. The number of carboxylic acids is 1. The van der Waals surface area contributed by atoms with Gasteiger partial charge in [0.25, 0.3) is 5.91 Å². The van der Waals surface area contributed by atoms with Crippen LogP contribution in [0.5, 0.6) is 0 Å². The number of rotatable bonds is 7. The van der Waals surface area contributed by atoms with Gasteiger partial charge in [-0.3, -0.25) is 15.0 Å². The third-order valence-corrected chi connectivity index (χ3v) is 4.81. The minimum absolute atomic E-state index is 0.00560. The van der Waals surface area contributed by atoms with Crippen molar-refractivity contribution in [3.63, 3.8) is 0 Å². The second-order valence-corrected chi connectivity index (χ2v) is 7.06. The second-order valence-electron chi connectivity index (χ2n) is 7.06. The molecule has 0 atom stereocenters. The van der Waals surface area contributed by atoms with Crippen molar-refractivity contribution in [3.05, 3.63) is 53.6 Å². The molecule has 1 amide bonds. The molecule has 150 valence electrons. The molecular formula is C22H24N4O3. The van der Waals surface area contributed by atoms with E-state index >= 15 is 0 Å². The van der Waals surface area contributed by atoms with Crippen molar-refractivity contribution in [2.75, 3.05) is 12.0 Å². The summed E-state index contributed by atoms with van der Waals surface area (Å²) in [6, 6.07) is 14.1. The van der Waals surface area contributed by atoms with Crippen LogP contribution in [0, 0.1) is 13.8 Å². The van der Waals surface area contributed by atoms with Crippen LogP contribution in [0.15, 0.2) is 52.7 Å². The van der Waals surface area contributed by atoms with Crippen LogP contribution in [0.2, 0.25) is 0 Å². The third kappa shape index (κ3) is 4.87. The average molecular weight is 392 g/mol. The normalized spacial score (nSPS) is 15.0. The molecule has 7 nitrogen and oxygen atoms in total. The molecule has 2 N–H and O–H groups in total. The lowest BCUT2D eigenvalue weighted by Crippen LogP contribution is -2.29. The first-order valence-corrected chi connectivity index (χ1v) is 9.46. The highest BCUT2D eigenvalue weighted by molar-refractivity contribution is 6.68. The summed E-state index contributed by atoms with van der Waals surface area (Å²) < 4.78 is 0. The maximum absolute atomic E-state index is 12.5. The highest BCUT2D eigenvalue weighted by atomic mass is 16.4. The molecule has 0 radical (unpaired) electrons. The summed E-state index contributed by atoms with van der Waals surface area (Å²) in [4.78, 5) is 23.1. The molecule has 0 fully saturated rings. The lowest BCUT2D eigenvalue weighted by atomic mass is 10.0. The monoisotopic (exact) mass is 392 g/mol. The van der Waals surface area contributed by atoms with E-state index < -0.39 is 5.97 Å². The molecule has 1 aliphatic heterocycles. The fourth-order valence-electron chi connectivity index (χ4n) is 3.02. The standard InChI is InChI=1S/C22H24N4O3/c1-14-9-10-18(12-15(14)2)17-6-4-7-19(13-17)23-24-21-16(3)25-26(22(21)29)11-5-8-20(27)28/h4,6-7,9-10,12-13,23H,5,8,11H2,1-3H3,(H,27,28)/b24-21-. The summed E-state index contributed by atoms with van der Waals surface area (Å²) >= 11 is 0. The zero-order valence-corrected chi connectivity index (χ0v) is 16.8. The van der Waals surface area contributed by atoms with Crippen LogP contribution in [-0.2, 0) is 9.59 Å². The van der Waals surface area contributed by atoms with Gasteiger partial charge in [-0.05, 0) is 61.6 Å². The van der Waals surface area contributed by atoms with Gasteiger partial charge in [-0.2, -0.15) is 10.2 Å². The lowest BCUT2D eigenvalue weighted by molar-refractivity contribution is -0.137. The van der Waals surface area contributed by atoms with Crippen molar-refractivity contribution in [1.29, 1.82) is 0 Å². The number of aliphatic carboxylic acids is 1. The predicted octanol–water partition coefficient (Wildman–Crippen LogP) is 3.82. The van der Waals surface area contributed by atoms with Gasteiger partial charge in [0.1, 0.15) is 0 Å². The minimum atomic E-state index is -0.892. The van der Waals surface area contributed by atoms with Crippen molar-refractivity contribution < 1.29 is 14.7 Å². The number of aryl methyl sites for hydroxylation is 2. The molecule has 0 aromatic heterocycles. The van der Waals surface area contributed by atoms with E-state index in [1.807, 2.05) is 24.3 Å². The Morgan fingerprint density at radius 1 is 1.10 bits per heavy atom. The predicted molar refractivity (Wildman–Crippen MR) is 114 cm³/mol. The number of anilines is 1. The van der Waals surface area contributed by atoms with E-state index in [4.69, 9.17) is 5.11 Å². The van der Waals surface area contributed by atoms with Crippen LogP contribution in [0.4, 0.5) is 5.69 Å². The molecule has 0 aliphatic carbocycles. The van der Waals surface area contributed by atoms with E-state index in [1.54, 1.807) is 6.92 Å². The Morgan fingerprint density at radius 3 is 2.59 bits per heavy atom. The van der Waals surface area contributed by atoms with Crippen molar-refractivity contribution in [2.24, 2.45) is 10.2 Å². The Kier molecular flexibility index (Phi) is 6.07. The van der Waals surface area contributed by atoms with Crippen molar-refractivity contribution in [3.8, 4) is 11.1 Å². The molecule has 7 heteroatoms. The number of nitrogens with zero attached hydrogens (tertiary/aromatic N) is 3. The van der Waals surface area contributed by atoms with Crippen molar-refractivity contribution in [2.45, 2.75) is 33.6 Å². The van der Waals surface area contributed by atoms with E-state index in [2.05, 4.69) is 47.7 Å². The number of hydrogen-bond donors (Lipinski definition) is 2. The van der Waals surface area contributed by atoms with Crippen LogP contribution >= 0.6 is 0 Å². The molecule has 2 aromatic rings. The Labute approximate surface area is 169 Å². The van der Waals surface area contributed by atoms with Gasteiger partial charge >= 0.3 is 5.97 Å². The largest absolute Gasteiger partial charge is 0.481 e. The molecule has 0 bridgehead atoms. The number of carboxylic acid groups (broad SMARTS) is 1. The minimum Gasteiger partial charge on any atom is -0.481 e. The number of hydrazone groups is 2. The molecule has 1 aliphatic rings. The summed E-state index contributed by atoms with van der Waals surface area (Å²) in [7, 11) is 0. The molecule has 2 aromatic carbocycles. The summed E-state index contributed by atoms with van der Waals surface area (Å²) in [6.07, 6.45) is 0.338. The maximum Gasteiger partial charge on any atom is 0.303 e. The Hall–Kier alpha value is -3.48. The van der Waals surface area contributed by atoms with E-state index in [-0.39, 0.29) is 24.6 Å². The average Bonchev–Trinajstić information content (AvgIpc) is 2.95. The van der Waals surface area contributed by atoms with Gasteiger partial charge in [-0.25, -0.2) is 5.01 Å². The number of amides is 1. The molecule has 0 spiro atoms. The van der Waals surface area contributed by atoms with Crippen LogP contribution in [0.3, 0.4) is 0 Å². The first kappa shape index (κ1) is 20.3. The van der Waals surface area contributed by atoms with E-state index in [0.29, 0.717) is 12.1 Å². The summed E-state index contributed by atoms with van der Waals surface area (Å²) in [6.45, 7) is 6.13. The van der Waals surface area contributed by atoms with E-state index in [1.165, 1.54) is 16.1 Å². The van der Waals surface area contributed by atoms with Gasteiger partial charge in [-0.15, -0.1) is 0 Å². The zero-order chi connectivity index (χ0) is 21.0. The van der Waals surface area contributed by atoms with Gasteiger partial charge in [0, 0.05) is 13.0 Å². The molecule has 0 saturated carbocycles. The number of hydrogen-bond acceptors (Lipinski definition) is 5. The first-order chi connectivity index (χ1) is 13.8. The zero-order valence-electron chi connectivity index (χ0n) is 16.8. The van der Waals surface area contributed by atoms with Crippen LogP contribution in [0.25, 0.3) is 11.1 Å². The number of nitrogens with one attached hydrogen (secondary N) is 1. The quantitative estimate of drug-likeness (QED) is 0.701. The van der Waals surface area contributed by atoms with E-state index in [9.17, 15) is 9.59 Å². The summed E-state index contributed by atoms with van der Waals surface area (Å²) in [5.74, 6) is -1.22. The van der Waals surface area contributed by atoms with Gasteiger partial charge in [-0.1, -0.05) is 30.3 Å².